The summed E-state index contributed by atoms with van der Waals surface area (Å²) in [6.07, 6.45) is 0. The van der Waals surface area contributed by atoms with Crippen molar-refractivity contribution in [1.82, 2.24) is 0 Å². The molecule has 2 N–H and O–H groups in total. The van der Waals surface area contributed by atoms with Gasteiger partial charge in [-0.2, -0.15) is 0 Å². The second-order valence-corrected chi connectivity index (χ2v) is 2.45. The zero-order valence-electron chi connectivity index (χ0n) is 10.1. The lowest BCUT2D eigenvalue weighted by Crippen LogP contribution is -2.07. The van der Waals surface area contributed by atoms with E-state index in [2.05, 4.69) is 0 Å². The lowest BCUT2D eigenvalue weighted by molar-refractivity contribution is 0.562. The monoisotopic (exact) mass is 217 g/mol. The molecule has 0 aromatic heterocycles. The van der Waals surface area contributed by atoms with Gasteiger partial charge in [-0.25, -0.2) is 8.78 Å². The van der Waals surface area contributed by atoms with Crippen LogP contribution in [0.5, 0.6) is 0 Å². The van der Waals surface area contributed by atoms with E-state index in [1.165, 1.54) is 12.1 Å². The number of halogens is 2. The fourth-order valence-electron chi connectivity index (χ4n) is 0.871. The molecule has 0 aliphatic heterocycles. The molecule has 0 fully saturated rings. The van der Waals surface area contributed by atoms with Crippen molar-refractivity contribution < 1.29 is 8.78 Å². The summed E-state index contributed by atoms with van der Waals surface area (Å²) in [7, 11) is 0. The van der Waals surface area contributed by atoms with Crippen LogP contribution in [0, 0.1) is 11.6 Å². The van der Waals surface area contributed by atoms with Crippen LogP contribution in [0.3, 0.4) is 0 Å². The van der Waals surface area contributed by atoms with Gasteiger partial charge in [-0.1, -0.05) is 33.8 Å². The Morgan fingerprint density at radius 1 is 1.07 bits per heavy atom. The van der Waals surface area contributed by atoms with E-state index >= 15 is 0 Å². The molecule has 0 saturated heterocycles. The van der Waals surface area contributed by atoms with Gasteiger partial charge in [0, 0.05) is 17.7 Å². The Morgan fingerprint density at radius 2 is 1.53 bits per heavy atom. The number of nitrogens with two attached hydrogens (primary N) is 1. The normalized spacial score (nSPS) is 10.4. The van der Waals surface area contributed by atoms with Crippen molar-refractivity contribution in [3.63, 3.8) is 0 Å². The van der Waals surface area contributed by atoms with Crippen molar-refractivity contribution in [3.8, 4) is 0 Å². The smallest absolute Gasteiger partial charge is 0.130 e. The van der Waals surface area contributed by atoms with E-state index in [0.29, 0.717) is 5.56 Å². The van der Waals surface area contributed by atoms with Crippen molar-refractivity contribution in [3.05, 3.63) is 35.4 Å². The Bertz CT molecular complexity index is 260. The molecule has 0 aliphatic carbocycles. The maximum absolute atomic E-state index is 12.8. The number of benzene rings is 1. The van der Waals surface area contributed by atoms with Gasteiger partial charge in [0.15, 0.2) is 0 Å². The molecule has 0 radical (unpaired) electrons. The lowest BCUT2D eigenvalue weighted by Gasteiger charge is -2.05. The number of hydrogen-bond donors (Lipinski definition) is 1. The molecule has 1 aromatic rings. The summed E-state index contributed by atoms with van der Waals surface area (Å²) in [6.45, 7) is 9.65. The molecule has 1 atom stereocenters. The fraction of sp³-hybridized carbons (Fsp3) is 0.500. The Labute approximate surface area is 91.3 Å². The molecule has 0 bridgehead atoms. The van der Waals surface area contributed by atoms with Crippen molar-refractivity contribution >= 4 is 0 Å². The van der Waals surface area contributed by atoms with E-state index in [-0.39, 0.29) is 0 Å². The maximum atomic E-state index is 12.8. The Kier molecular flexibility index (Phi) is 10.5. The molecule has 0 aliphatic rings. The van der Waals surface area contributed by atoms with Crippen LogP contribution in [-0.4, -0.2) is 0 Å². The van der Waals surface area contributed by atoms with Crippen LogP contribution >= 0.6 is 0 Å². The summed E-state index contributed by atoms with van der Waals surface area (Å²) in [4.78, 5) is 0. The van der Waals surface area contributed by atoms with Crippen LogP contribution in [0.1, 0.15) is 46.2 Å². The Hall–Kier alpha value is -0.960. The second-order valence-electron chi connectivity index (χ2n) is 2.45. The molecular weight excluding hydrogens is 196 g/mol. The third-order valence-corrected chi connectivity index (χ3v) is 1.45. The van der Waals surface area contributed by atoms with E-state index < -0.39 is 17.7 Å². The van der Waals surface area contributed by atoms with E-state index in [4.69, 9.17) is 5.73 Å². The third kappa shape index (κ3) is 6.18. The van der Waals surface area contributed by atoms with Crippen LogP contribution in [0.25, 0.3) is 0 Å². The topological polar surface area (TPSA) is 26.0 Å². The average Bonchev–Trinajstić information content (AvgIpc) is 2.23. The van der Waals surface area contributed by atoms with Crippen LogP contribution in [0.4, 0.5) is 8.78 Å². The Morgan fingerprint density at radius 3 is 1.87 bits per heavy atom. The SMILES string of the molecule is CC.CC.CC(N)c1ccc(F)cc1F. The molecule has 3 heteroatoms. The standard InChI is InChI=1S/C8H9F2N.2C2H6/c1-5(11)7-3-2-6(9)4-8(7)10;2*1-2/h2-5H,11H2,1H3;2*1-2H3. The van der Waals surface area contributed by atoms with Crippen LogP contribution in [0.15, 0.2) is 18.2 Å². The van der Waals surface area contributed by atoms with E-state index in [0.717, 1.165) is 6.07 Å². The van der Waals surface area contributed by atoms with Gasteiger partial charge in [-0.3, -0.25) is 0 Å². The van der Waals surface area contributed by atoms with Gasteiger partial charge in [0.25, 0.3) is 0 Å². The first kappa shape index (κ1) is 16.5. The highest BCUT2D eigenvalue weighted by molar-refractivity contribution is 5.20. The number of hydrogen-bond acceptors (Lipinski definition) is 1. The Balaban J connectivity index is 0. The quantitative estimate of drug-likeness (QED) is 0.755. The largest absolute Gasteiger partial charge is 0.324 e. The molecule has 1 rings (SSSR count). The molecule has 0 spiro atoms. The predicted octanol–water partition coefficient (Wildman–Crippen LogP) is 4.04. The van der Waals surface area contributed by atoms with Gasteiger partial charge >= 0.3 is 0 Å². The first-order chi connectivity index (χ1) is 7.11. The minimum atomic E-state index is -0.583. The average molecular weight is 217 g/mol. The molecule has 1 aromatic carbocycles. The molecule has 1 nitrogen and oxygen atoms in total. The van der Waals surface area contributed by atoms with E-state index in [1.54, 1.807) is 6.92 Å². The minimum absolute atomic E-state index is 0.339. The first-order valence-corrected chi connectivity index (χ1v) is 5.32. The molecule has 1 unspecified atom stereocenters. The van der Waals surface area contributed by atoms with Gasteiger partial charge < -0.3 is 5.73 Å². The maximum Gasteiger partial charge on any atom is 0.130 e. The molecule has 0 heterocycles. The molecule has 88 valence electrons. The van der Waals surface area contributed by atoms with Gasteiger partial charge in [0.2, 0.25) is 0 Å². The van der Waals surface area contributed by atoms with Gasteiger partial charge in [-0.05, 0) is 13.0 Å². The van der Waals surface area contributed by atoms with Crippen LogP contribution < -0.4 is 5.73 Å². The second kappa shape index (κ2) is 9.59. The summed E-state index contributed by atoms with van der Waals surface area (Å²) in [5.74, 6) is -1.16. The van der Waals surface area contributed by atoms with Crippen molar-refractivity contribution in [2.45, 2.75) is 40.7 Å². The van der Waals surface area contributed by atoms with Crippen molar-refractivity contribution in [2.24, 2.45) is 5.73 Å². The highest BCUT2D eigenvalue weighted by Gasteiger charge is 2.06. The lowest BCUT2D eigenvalue weighted by atomic mass is 10.1. The van der Waals surface area contributed by atoms with E-state index in [9.17, 15) is 8.78 Å². The summed E-state index contributed by atoms with van der Waals surface area (Å²) in [5.41, 5.74) is 5.74. The molecule has 0 saturated carbocycles. The van der Waals surface area contributed by atoms with Crippen LogP contribution in [-0.2, 0) is 0 Å². The third-order valence-electron chi connectivity index (χ3n) is 1.45. The summed E-state index contributed by atoms with van der Waals surface area (Å²) in [5, 5.41) is 0. The van der Waals surface area contributed by atoms with Gasteiger partial charge in [0.05, 0.1) is 0 Å². The van der Waals surface area contributed by atoms with Crippen molar-refractivity contribution in [2.75, 3.05) is 0 Å². The van der Waals surface area contributed by atoms with Crippen molar-refractivity contribution in [1.29, 1.82) is 0 Å². The highest BCUT2D eigenvalue weighted by Crippen LogP contribution is 2.14. The predicted molar refractivity (Wildman–Crippen MR) is 61.7 cm³/mol. The number of rotatable bonds is 1. The van der Waals surface area contributed by atoms with Gasteiger partial charge in [0.1, 0.15) is 11.6 Å². The summed E-state index contributed by atoms with van der Waals surface area (Å²) < 4.78 is 25.1. The zero-order valence-corrected chi connectivity index (χ0v) is 10.1. The fourth-order valence-corrected chi connectivity index (χ4v) is 0.871. The molecule has 15 heavy (non-hydrogen) atoms. The van der Waals surface area contributed by atoms with Gasteiger partial charge in [-0.15, -0.1) is 0 Å². The van der Waals surface area contributed by atoms with E-state index in [1.807, 2.05) is 27.7 Å². The summed E-state index contributed by atoms with van der Waals surface area (Å²) in [6, 6.07) is 2.99. The minimum Gasteiger partial charge on any atom is -0.324 e. The molecular formula is C12H21F2N. The summed E-state index contributed by atoms with van der Waals surface area (Å²) >= 11 is 0. The first-order valence-electron chi connectivity index (χ1n) is 5.32. The molecule has 0 amide bonds. The van der Waals surface area contributed by atoms with Crippen LogP contribution in [0.2, 0.25) is 0 Å². The zero-order chi connectivity index (χ0) is 12.4. The highest BCUT2D eigenvalue weighted by atomic mass is 19.1.